The molecular formula is C19H26N4O2. The van der Waals surface area contributed by atoms with Crippen molar-refractivity contribution in [3.8, 4) is 6.07 Å². The Labute approximate surface area is 149 Å². The van der Waals surface area contributed by atoms with Gasteiger partial charge in [-0.1, -0.05) is 12.1 Å². The minimum atomic E-state index is -0.550. The molecule has 2 aliphatic rings. The first-order valence-corrected chi connectivity index (χ1v) is 9.02. The van der Waals surface area contributed by atoms with Crippen molar-refractivity contribution in [3.05, 3.63) is 35.4 Å². The van der Waals surface area contributed by atoms with E-state index in [0.29, 0.717) is 30.5 Å². The summed E-state index contributed by atoms with van der Waals surface area (Å²) in [6, 6.07) is 9.27. The van der Waals surface area contributed by atoms with E-state index in [1.54, 1.807) is 12.1 Å². The lowest BCUT2D eigenvalue weighted by Crippen LogP contribution is -2.56. The van der Waals surface area contributed by atoms with Crippen molar-refractivity contribution in [2.45, 2.75) is 19.4 Å². The third-order valence-electron chi connectivity index (χ3n) is 5.13. The Morgan fingerprint density at radius 1 is 1.28 bits per heavy atom. The Hall–Kier alpha value is -2.10. The lowest BCUT2D eigenvalue weighted by Gasteiger charge is -2.46. The molecule has 2 heterocycles. The van der Waals surface area contributed by atoms with Gasteiger partial charge in [-0.2, -0.15) is 5.26 Å². The number of hydrogen-bond acceptors (Lipinski definition) is 4. The number of hydrogen-bond donors (Lipinski definition) is 2. The zero-order valence-corrected chi connectivity index (χ0v) is 14.7. The van der Waals surface area contributed by atoms with Gasteiger partial charge in [-0.15, -0.1) is 0 Å². The SMILES string of the molecule is CCNC(=O)N1CC2CC(CN(CC(O)c3ccc(C#N)cc3)C2)C1. The number of aliphatic hydroxyl groups excluding tert-OH is 1. The zero-order valence-electron chi connectivity index (χ0n) is 14.7. The minimum absolute atomic E-state index is 0.0447. The lowest BCUT2D eigenvalue weighted by atomic mass is 9.84. The van der Waals surface area contributed by atoms with E-state index in [9.17, 15) is 9.90 Å². The summed E-state index contributed by atoms with van der Waals surface area (Å²) < 4.78 is 0. The van der Waals surface area contributed by atoms with Crippen LogP contribution in [0.5, 0.6) is 0 Å². The van der Waals surface area contributed by atoms with E-state index in [4.69, 9.17) is 5.26 Å². The molecule has 2 saturated heterocycles. The van der Waals surface area contributed by atoms with Crippen molar-refractivity contribution in [1.82, 2.24) is 15.1 Å². The average Bonchev–Trinajstić information content (AvgIpc) is 2.61. The van der Waals surface area contributed by atoms with Gasteiger partial charge in [0.05, 0.1) is 17.7 Å². The van der Waals surface area contributed by atoms with E-state index in [1.807, 2.05) is 24.0 Å². The molecule has 0 saturated carbocycles. The highest BCUT2D eigenvalue weighted by molar-refractivity contribution is 5.74. The Morgan fingerprint density at radius 2 is 1.92 bits per heavy atom. The molecule has 25 heavy (non-hydrogen) atoms. The largest absolute Gasteiger partial charge is 0.387 e. The van der Waals surface area contributed by atoms with Crippen LogP contribution in [0.25, 0.3) is 0 Å². The van der Waals surface area contributed by atoms with Crippen molar-refractivity contribution in [2.75, 3.05) is 39.3 Å². The van der Waals surface area contributed by atoms with Gasteiger partial charge in [-0.3, -0.25) is 4.90 Å². The van der Waals surface area contributed by atoms with Crippen LogP contribution in [0.3, 0.4) is 0 Å². The molecule has 2 amide bonds. The first-order chi connectivity index (χ1) is 12.1. The average molecular weight is 342 g/mol. The number of carbonyl (C=O) groups is 1. The van der Waals surface area contributed by atoms with Crippen molar-refractivity contribution >= 4 is 6.03 Å². The summed E-state index contributed by atoms with van der Waals surface area (Å²) >= 11 is 0. The number of likely N-dealkylation sites (tertiary alicyclic amines) is 2. The van der Waals surface area contributed by atoms with Crippen LogP contribution in [0.1, 0.15) is 30.6 Å². The predicted molar refractivity (Wildman–Crippen MR) is 94.8 cm³/mol. The van der Waals surface area contributed by atoms with Crippen molar-refractivity contribution in [3.63, 3.8) is 0 Å². The number of aliphatic hydroxyl groups is 1. The number of rotatable bonds is 4. The number of urea groups is 1. The van der Waals surface area contributed by atoms with Gasteiger partial charge in [0.25, 0.3) is 0 Å². The van der Waals surface area contributed by atoms with Crippen molar-refractivity contribution < 1.29 is 9.90 Å². The molecule has 0 radical (unpaired) electrons. The fraction of sp³-hybridized carbons (Fsp3) is 0.579. The summed E-state index contributed by atoms with van der Waals surface area (Å²) in [7, 11) is 0. The van der Waals surface area contributed by atoms with E-state index < -0.39 is 6.10 Å². The van der Waals surface area contributed by atoms with Gasteiger partial charge in [0.1, 0.15) is 0 Å². The zero-order chi connectivity index (χ0) is 17.8. The van der Waals surface area contributed by atoms with Crippen LogP contribution < -0.4 is 5.32 Å². The number of fused-ring (bicyclic) bond motifs is 2. The smallest absolute Gasteiger partial charge is 0.317 e. The highest BCUT2D eigenvalue weighted by atomic mass is 16.3. The molecule has 2 aliphatic heterocycles. The molecule has 3 unspecified atom stereocenters. The number of nitriles is 1. The molecule has 1 aromatic rings. The van der Waals surface area contributed by atoms with Gasteiger partial charge in [0.2, 0.25) is 0 Å². The molecule has 2 fully saturated rings. The van der Waals surface area contributed by atoms with Gasteiger partial charge < -0.3 is 15.3 Å². The van der Waals surface area contributed by atoms with Crippen molar-refractivity contribution in [2.24, 2.45) is 11.8 Å². The third kappa shape index (κ3) is 4.30. The number of β-amino-alcohol motifs (C(OH)–C–C–N with tert-alkyl or cyclic N) is 1. The van der Waals surface area contributed by atoms with Gasteiger partial charge in [0.15, 0.2) is 0 Å². The number of nitrogens with one attached hydrogen (secondary N) is 1. The summed E-state index contributed by atoms with van der Waals surface area (Å²) in [5.41, 5.74) is 1.45. The molecule has 2 N–H and O–H groups in total. The molecular weight excluding hydrogens is 316 g/mol. The van der Waals surface area contributed by atoms with Gasteiger partial charge in [-0.05, 0) is 42.9 Å². The number of nitrogens with zero attached hydrogens (tertiary/aromatic N) is 3. The van der Waals surface area contributed by atoms with E-state index in [-0.39, 0.29) is 6.03 Å². The second kappa shape index (κ2) is 7.85. The Morgan fingerprint density at radius 3 is 2.48 bits per heavy atom. The maximum atomic E-state index is 12.1. The second-order valence-electron chi connectivity index (χ2n) is 7.18. The van der Waals surface area contributed by atoms with Crippen LogP contribution in [-0.2, 0) is 0 Å². The quantitative estimate of drug-likeness (QED) is 0.871. The maximum Gasteiger partial charge on any atom is 0.317 e. The number of amides is 2. The molecule has 6 heteroatoms. The normalized spacial score (nSPS) is 24.4. The first kappa shape index (κ1) is 17.7. The fourth-order valence-corrected chi connectivity index (χ4v) is 4.10. The molecule has 0 aliphatic carbocycles. The standard InChI is InChI=1S/C19H26N4O2/c1-2-21-19(25)23-11-15-7-16(12-23)10-22(9-15)13-18(24)17-5-3-14(8-20)4-6-17/h3-6,15-16,18,24H,2,7,9-13H2,1H3,(H,21,25). The molecule has 3 rings (SSSR count). The van der Waals surface area contributed by atoms with Gasteiger partial charge >= 0.3 is 6.03 Å². The Kier molecular flexibility index (Phi) is 5.57. The molecule has 1 aromatic carbocycles. The second-order valence-corrected chi connectivity index (χ2v) is 7.18. The van der Waals surface area contributed by atoms with Gasteiger partial charge in [0, 0.05) is 39.3 Å². The summed E-state index contributed by atoms with van der Waals surface area (Å²) in [4.78, 5) is 16.3. The minimum Gasteiger partial charge on any atom is -0.387 e. The molecule has 2 bridgehead atoms. The van der Waals surface area contributed by atoms with Crippen LogP contribution in [0.15, 0.2) is 24.3 Å². The van der Waals surface area contributed by atoms with Crippen LogP contribution in [0, 0.1) is 23.2 Å². The molecule has 0 aromatic heterocycles. The molecule has 0 spiro atoms. The molecule has 3 atom stereocenters. The maximum absolute atomic E-state index is 12.1. The number of piperidine rings is 2. The third-order valence-corrected chi connectivity index (χ3v) is 5.13. The predicted octanol–water partition coefficient (Wildman–Crippen LogP) is 1.57. The van der Waals surface area contributed by atoms with E-state index in [0.717, 1.165) is 31.7 Å². The molecule has 6 nitrogen and oxygen atoms in total. The van der Waals surface area contributed by atoms with Crippen molar-refractivity contribution in [1.29, 1.82) is 5.26 Å². The first-order valence-electron chi connectivity index (χ1n) is 9.02. The van der Waals surface area contributed by atoms with Crippen LogP contribution in [-0.4, -0.2) is 60.2 Å². The fourth-order valence-electron chi connectivity index (χ4n) is 4.10. The monoisotopic (exact) mass is 342 g/mol. The van der Waals surface area contributed by atoms with Crippen LogP contribution >= 0.6 is 0 Å². The molecule has 134 valence electrons. The van der Waals surface area contributed by atoms with Gasteiger partial charge in [-0.25, -0.2) is 4.79 Å². The summed E-state index contributed by atoms with van der Waals surface area (Å²) in [5, 5.41) is 22.3. The number of benzene rings is 1. The topological polar surface area (TPSA) is 79.6 Å². The Balaban J connectivity index is 1.56. The van der Waals surface area contributed by atoms with E-state index in [1.165, 1.54) is 6.42 Å². The summed E-state index contributed by atoms with van der Waals surface area (Å²) in [6.45, 7) is 6.62. The highest BCUT2D eigenvalue weighted by Crippen LogP contribution is 2.29. The van der Waals surface area contributed by atoms with E-state index in [2.05, 4.69) is 16.3 Å². The highest BCUT2D eigenvalue weighted by Gasteiger charge is 2.36. The number of carbonyl (C=O) groups excluding carboxylic acids is 1. The Bertz CT molecular complexity index is 626. The summed E-state index contributed by atoms with van der Waals surface area (Å²) in [5.74, 6) is 0.951. The summed E-state index contributed by atoms with van der Waals surface area (Å²) in [6.07, 6.45) is 0.616. The van der Waals surface area contributed by atoms with Crippen LogP contribution in [0.2, 0.25) is 0 Å². The lowest BCUT2D eigenvalue weighted by molar-refractivity contribution is 0.0204. The van der Waals surface area contributed by atoms with E-state index >= 15 is 0 Å². The van der Waals surface area contributed by atoms with Crippen LogP contribution in [0.4, 0.5) is 4.79 Å².